The van der Waals surface area contributed by atoms with E-state index in [-0.39, 0.29) is 5.82 Å². The number of aryl methyl sites for hydroxylation is 1. The minimum Gasteiger partial charge on any atom is -0.297 e. The Balaban J connectivity index is 1.98. The van der Waals surface area contributed by atoms with Crippen LogP contribution >= 0.6 is 11.3 Å². The van der Waals surface area contributed by atoms with E-state index in [1.807, 2.05) is 32.3 Å². The third-order valence-electron chi connectivity index (χ3n) is 2.49. The lowest BCUT2D eigenvalue weighted by atomic mass is 10.2. The van der Waals surface area contributed by atoms with Crippen molar-refractivity contribution in [3.8, 4) is 0 Å². The molecule has 2 aromatic rings. The summed E-state index contributed by atoms with van der Waals surface area (Å²) in [6.07, 6.45) is 1.89. The normalized spacial score (nSPS) is 11.1. The van der Waals surface area contributed by atoms with Gasteiger partial charge in [0.25, 0.3) is 0 Å². The molecule has 0 aliphatic carbocycles. The highest BCUT2D eigenvalue weighted by molar-refractivity contribution is 7.11. The average molecular weight is 250 g/mol. The summed E-state index contributed by atoms with van der Waals surface area (Å²) in [4.78, 5) is 7.51. The van der Waals surface area contributed by atoms with Crippen molar-refractivity contribution < 1.29 is 4.39 Å². The number of hydrogen-bond donors (Lipinski definition) is 0. The molecule has 0 bridgehead atoms. The van der Waals surface area contributed by atoms with E-state index in [4.69, 9.17) is 0 Å². The van der Waals surface area contributed by atoms with Crippen molar-refractivity contribution in [2.45, 2.75) is 20.0 Å². The van der Waals surface area contributed by atoms with Gasteiger partial charge in [-0.15, -0.1) is 11.3 Å². The van der Waals surface area contributed by atoms with Crippen LogP contribution in [-0.2, 0) is 13.1 Å². The molecule has 0 spiro atoms. The Kier molecular flexibility index (Phi) is 3.86. The second-order valence-corrected chi connectivity index (χ2v) is 5.43. The molecule has 0 aliphatic rings. The fourth-order valence-electron chi connectivity index (χ4n) is 1.72. The second kappa shape index (κ2) is 5.38. The monoisotopic (exact) mass is 250 g/mol. The third-order valence-corrected chi connectivity index (χ3v) is 3.39. The summed E-state index contributed by atoms with van der Waals surface area (Å²) in [6, 6.07) is 6.90. The summed E-state index contributed by atoms with van der Waals surface area (Å²) in [6.45, 7) is 3.41. The number of halogens is 1. The highest BCUT2D eigenvalue weighted by Crippen LogP contribution is 2.15. The van der Waals surface area contributed by atoms with Crippen LogP contribution in [0, 0.1) is 12.7 Å². The molecule has 1 aromatic heterocycles. The van der Waals surface area contributed by atoms with Crippen LogP contribution in [0.2, 0.25) is 0 Å². The zero-order chi connectivity index (χ0) is 12.3. The first kappa shape index (κ1) is 12.2. The van der Waals surface area contributed by atoms with Gasteiger partial charge in [-0.1, -0.05) is 18.2 Å². The van der Waals surface area contributed by atoms with Crippen molar-refractivity contribution in [2.24, 2.45) is 0 Å². The topological polar surface area (TPSA) is 16.1 Å². The third kappa shape index (κ3) is 3.35. The molecule has 0 saturated carbocycles. The predicted molar refractivity (Wildman–Crippen MR) is 68.4 cm³/mol. The second-order valence-electron chi connectivity index (χ2n) is 4.11. The van der Waals surface area contributed by atoms with Crippen molar-refractivity contribution >= 4 is 11.3 Å². The molecule has 0 atom stereocenters. The molecule has 0 fully saturated rings. The Morgan fingerprint density at radius 1 is 1.29 bits per heavy atom. The van der Waals surface area contributed by atoms with Crippen molar-refractivity contribution in [3.05, 3.63) is 51.7 Å². The molecule has 0 radical (unpaired) electrons. The number of hydrogen-bond acceptors (Lipinski definition) is 3. The first-order valence-corrected chi connectivity index (χ1v) is 6.30. The Hall–Kier alpha value is -1.26. The van der Waals surface area contributed by atoms with Gasteiger partial charge in [0.1, 0.15) is 5.82 Å². The number of benzene rings is 1. The standard InChI is InChI=1S/C13H15FN2S/c1-10-15-7-12(17-10)9-16(2)8-11-5-3-4-6-13(11)14/h3-7H,8-9H2,1-2H3. The van der Waals surface area contributed by atoms with Crippen LogP contribution in [0.5, 0.6) is 0 Å². The lowest BCUT2D eigenvalue weighted by Gasteiger charge is -2.15. The van der Waals surface area contributed by atoms with Gasteiger partial charge in [-0.05, 0) is 20.0 Å². The summed E-state index contributed by atoms with van der Waals surface area (Å²) in [5.41, 5.74) is 0.733. The molecule has 1 heterocycles. The number of rotatable bonds is 4. The largest absolute Gasteiger partial charge is 0.297 e. The Morgan fingerprint density at radius 2 is 2.06 bits per heavy atom. The molecule has 0 N–H and O–H groups in total. The average Bonchev–Trinajstić information content (AvgIpc) is 2.67. The van der Waals surface area contributed by atoms with Gasteiger partial charge in [-0.3, -0.25) is 4.90 Å². The summed E-state index contributed by atoms with van der Waals surface area (Å²) in [7, 11) is 1.99. The van der Waals surface area contributed by atoms with E-state index in [9.17, 15) is 4.39 Å². The minimum absolute atomic E-state index is 0.139. The molecule has 0 saturated heterocycles. The van der Waals surface area contributed by atoms with Crippen molar-refractivity contribution in [3.63, 3.8) is 0 Å². The maximum Gasteiger partial charge on any atom is 0.127 e. The summed E-state index contributed by atoms with van der Waals surface area (Å²) < 4.78 is 13.5. The minimum atomic E-state index is -0.139. The zero-order valence-electron chi connectivity index (χ0n) is 9.98. The Morgan fingerprint density at radius 3 is 2.71 bits per heavy atom. The molecular formula is C13H15FN2S. The van der Waals surface area contributed by atoms with Gasteiger partial charge in [0, 0.05) is 29.7 Å². The molecule has 2 nitrogen and oxygen atoms in total. The summed E-state index contributed by atoms with van der Waals surface area (Å²) in [5.74, 6) is -0.139. The summed E-state index contributed by atoms with van der Waals surface area (Å²) >= 11 is 1.68. The van der Waals surface area contributed by atoms with E-state index in [0.717, 1.165) is 17.1 Å². The van der Waals surface area contributed by atoms with E-state index < -0.39 is 0 Å². The molecule has 0 amide bonds. The van der Waals surface area contributed by atoms with E-state index in [1.54, 1.807) is 17.4 Å². The van der Waals surface area contributed by atoms with Crippen molar-refractivity contribution in [1.82, 2.24) is 9.88 Å². The van der Waals surface area contributed by atoms with Crippen LogP contribution in [0.4, 0.5) is 4.39 Å². The van der Waals surface area contributed by atoms with Crippen LogP contribution in [0.25, 0.3) is 0 Å². The van der Waals surface area contributed by atoms with E-state index in [0.29, 0.717) is 6.54 Å². The van der Waals surface area contributed by atoms with Gasteiger partial charge < -0.3 is 0 Å². The highest BCUT2D eigenvalue weighted by Gasteiger charge is 2.07. The van der Waals surface area contributed by atoms with Crippen molar-refractivity contribution in [1.29, 1.82) is 0 Å². The molecule has 1 aromatic carbocycles. The molecule has 0 aliphatic heterocycles. The lowest BCUT2D eigenvalue weighted by Crippen LogP contribution is -2.17. The van der Waals surface area contributed by atoms with Gasteiger partial charge in [0.05, 0.1) is 5.01 Å². The van der Waals surface area contributed by atoms with Crippen LogP contribution < -0.4 is 0 Å². The van der Waals surface area contributed by atoms with Crippen LogP contribution in [0.15, 0.2) is 30.5 Å². The Labute approximate surface area is 105 Å². The van der Waals surface area contributed by atoms with E-state index in [1.165, 1.54) is 10.9 Å². The molecule has 2 rings (SSSR count). The number of aromatic nitrogens is 1. The molecule has 0 unspecified atom stereocenters. The van der Waals surface area contributed by atoms with Gasteiger partial charge in [0.15, 0.2) is 0 Å². The van der Waals surface area contributed by atoms with Crippen LogP contribution in [-0.4, -0.2) is 16.9 Å². The first-order valence-electron chi connectivity index (χ1n) is 5.48. The van der Waals surface area contributed by atoms with Crippen LogP contribution in [0.1, 0.15) is 15.4 Å². The smallest absolute Gasteiger partial charge is 0.127 e. The van der Waals surface area contributed by atoms with Crippen LogP contribution in [0.3, 0.4) is 0 Å². The van der Waals surface area contributed by atoms with E-state index >= 15 is 0 Å². The van der Waals surface area contributed by atoms with E-state index in [2.05, 4.69) is 9.88 Å². The van der Waals surface area contributed by atoms with Gasteiger partial charge in [-0.2, -0.15) is 0 Å². The maximum absolute atomic E-state index is 13.5. The lowest BCUT2D eigenvalue weighted by molar-refractivity contribution is 0.316. The molecule has 17 heavy (non-hydrogen) atoms. The predicted octanol–water partition coefficient (Wildman–Crippen LogP) is 3.22. The highest BCUT2D eigenvalue weighted by atomic mass is 32.1. The summed E-state index contributed by atoms with van der Waals surface area (Å²) in [5, 5.41) is 1.07. The molecule has 4 heteroatoms. The quantitative estimate of drug-likeness (QED) is 0.828. The molecular weight excluding hydrogens is 235 g/mol. The maximum atomic E-state index is 13.5. The number of nitrogens with zero attached hydrogens (tertiary/aromatic N) is 2. The zero-order valence-corrected chi connectivity index (χ0v) is 10.8. The Bertz CT molecular complexity index is 496. The number of thiazole rings is 1. The van der Waals surface area contributed by atoms with Gasteiger partial charge in [0.2, 0.25) is 0 Å². The first-order chi connectivity index (χ1) is 8.15. The molecule has 90 valence electrons. The SMILES string of the molecule is Cc1ncc(CN(C)Cc2ccccc2F)s1. The van der Waals surface area contributed by atoms with Gasteiger partial charge >= 0.3 is 0 Å². The fraction of sp³-hybridized carbons (Fsp3) is 0.308. The fourth-order valence-corrected chi connectivity index (χ4v) is 2.59. The van der Waals surface area contributed by atoms with Gasteiger partial charge in [-0.25, -0.2) is 9.37 Å². The van der Waals surface area contributed by atoms with Crippen molar-refractivity contribution in [2.75, 3.05) is 7.05 Å².